The van der Waals surface area contributed by atoms with Crippen LogP contribution < -0.4 is 14.3 Å². The number of ether oxygens (including phenoxy) is 2. The maximum atomic E-state index is 12.4. The van der Waals surface area contributed by atoms with Gasteiger partial charge in [-0.3, -0.25) is 10.1 Å². The first-order valence-corrected chi connectivity index (χ1v) is 9.50. The highest BCUT2D eigenvalue weighted by Crippen LogP contribution is 2.26. The summed E-state index contributed by atoms with van der Waals surface area (Å²) in [4.78, 5) is 24.4. The van der Waals surface area contributed by atoms with Gasteiger partial charge in [0.25, 0.3) is 5.91 Å². The Hall–Kier alpha value is -3.18. The van der Waals surface area contributed by atoms with Crippen molar-refractivity contribution in [1.29, 1.82) is 0 Å². The van der Waals surface area contributed by atoms with Crippen LogP contribution in [0.1, 0.15) is 5.56 Å². The highest BCUT2D eigenvalue weighted by atomic mass is 32.2. The van der Waals surface area contributed by atoms with E-state index in [4.69, 9.17) is 13.8 Å². The van der Waals surface area contributed by atoms with Crippen LogP contribution in [0.25, 0.3) is 0 Å². The zero-order valence-electron chi connectivity index (χ0n) is 14.8. The fourth-order valence-corrected chi connectivity index (χ4v) is 3.52. The molecule has 1 saturated heterocycles. The molecule has 10 nitrogen and oxygen atoms in total. The molecule has 1 aromatic heterocycles. The molecule has 11 heteroatoms. The number of benzene rings is 1. The molecule has 0 spiro atoms. The van der Waals surface area contributed by atoms with E-state index in [1.165, 1.54) is 19.5 Å². The van der Waals surface area contributed by atoms with E-state index >= 15 is 0 Å². The van der Waals surface area contributed by atoms with E-state index in [0.29, 0.717) is 4.31 Å². The zero-order chi connectivity index (χ0) is 20.2. The number of nitrogens with one attached hydrogen (secondary N) is 1. The van der Waals surface area contributed by atoms with E-state index in [1.807, 2.05) is 6.07 Å². The van der Waals surface area contributed by atoms with Gasteiger partial charge in [0.1, 0.15) is 6.61 Å². The first-order chi connectivity index (χ1) is 13.4. The van der Waals surface area contributed by atoms with Crippen molar-refractivity contribution in [2.45, 2.75) is 12.3 Å². The second-order valence-electron chi connectivity index (χ2n) is 5.80. The third kappa shape index (κ3) is 4.05. The number of rotatable bonds is 7. The van der Waals surface area contributed by atoms with Gasteiger partial charge in [0.05, 0.1) is 6.54 Å². The van der Waals surface area contributed by atoms with Crippen LogP contribution in [0.3, 0.4) is 0 Å². The SMILES string of the molecule is COC1(NC(=O)OCc2ccccc2)CN(S(=O)(=O)O[n+]2ccccc2)C1=O. The minimum atomic E-state index is -4.42. The summed E-state index contributed by atoms with van der Waals surface area (Å²) in [5.41, 5.74) is -1.09. The molecule has 1 N–H and O–H groups in total. The predicted molar refractivity (Wildman–Crippen MR) is 93.4 cm³/mol. The molecule has 1 atom stereocenters. The molecule has 3 rings (SSSR count). The third-order valence-corrected chi connectivity index (χ3v) is 5.14. The molecular weight excluding hydrogens is 390 g/mol. The van der Waals surface area contributed by atoms with Crippen LogP contribution in [0.15, 0.2) is 60.9 Å². The Labute approximate surface area is 161 Å². The van der Waals surface area contributed by atoms with Crippen molar-refractivity contribution in [3.63, 3.8) is 0 Å². The highest BCUT2D eigenvalue weighted by Gasteiger charge is 2.61. The second kappa shape index (κ2) is 7.82. The lowest BCUT2D eigenvalue weighted by Crippen LogP contribution is -2.77. The van der Waals surface area contributed by atoms with Gasteiger partial charge in [-0.15, -0.1) is 4.28 Å². The molecule has 0 bridgehead atoms. The van der Waals surface area contributed by atoms with Crippen LogP contribution in [0, 0.1) is 0 Å². The smallest absolute Gasteiger partial charge is 0.445 e. The lowest BCUT2D eigenvalue weighted by Gasteiger charge is -2.44. The van der Waals surface area contributed by atoms with E-state index in [9.17, 15) is 18.0 Å². The van der Waals surface area contributed by atoms with Gasteiger partial charge in [-0.05, 0) is 5.56 Å². The van der Waals surface area contributed by atoms with Crippen molar-refractivity contribution in [2.75, 3.05) is 13.7 Å². The number of nitrogens with zero attached hydrogens (tertiary/aromatic N) is 2. The molecule has 2 aromatic rings. The molecule has 2 heterocycles. The van der Waals surface area contributed by atoms with Crippen molar-refractivity contribution in [2.24, 2.45) is 0 Å². The Morgan fingerprint density at radius 3 is 2.43 bits per heavy atom. The number of methoxy groups -OCH3 is 1. The van der Waals surface area contributed by atoms with E-state index in [-0.39, 0.29) is 6.61 Å². The topological polar surface area (TPSA) is 115 Å². The van der Waals surface area contributed by atoms with Crippen LogP contribution in [-0.4, -0.2) is 44.1 Å². The van der Waals surface area contributed by atoms with Gasteiger partial charge in [0, 0.05) is 24.0 Å². The largest absolute Gasteiger partial charge is 0.466 e. The number of hydrogen-bond acceptors (Lipinski definition) is 7. The van der Waals surface area contributed by atoms with Gasteiger partial charge < -0.3 is 9.47 Å². The molecule has 0 aliphatic carbocycles. The zero-order valence-corrected chi connectivity index (χ0v) is 15.7. The number of carbonyl (C=O) groups excluding carboxylic acids is 2. The van der Waals surface area contributed by atoms with Gasteiger partial charge in [0.2, 0.25) is 18.1 Å². The molecule has 2 amide bonds. The summed E-state index contributed by atoms with van der Waals surface area (Å²) in [5, 5.41) is 2.26. The average Bonchev–Trinajstić information content (AvgIpc) is 2.70. The van der Waals surface area contributed by atoms with Crippen LogP contribution in [0.4, 0.5) is 4.79 Å². The Morgan fingerprint density at radius 2 is 1.82 bits per heavy atom. The Balaban J connectivity index is 1.61. The Morgan fingerprint density at radius 1 is 1.18 bits per heavy atom. The minimum absolute atomic E-state index is 0.0174. The van der Waals surface area contributed by atoms with Crippen LogP contribution in [0.5, 0.6) is 0 Å². The monoisotopic (exact) mass is 408 g/mol. The highest BCUT2D eigenvalue weighted by molar-refractivity contribution is 7.85. The first kappa shape index (κ1) is 19.6. The van der Waals surface area contributed by atoms with Gasteiger partial charge in [0.15, 0.2) is 0 Å². The number of hydrogen-bond donors (Lipinski definition) is 1. The first-order valence-electron chi connectivity index (χ1n) is 8.14. The number of carbonyl (C=O) groups is 2. The van der Waals surface area contributed by atoms with Crippen molar-refractivity contribution >= 4 is 22.3 Å². The third-order valence-electron chi connectivity index (χ3n) is 3.94. The van der Waals surface area contributed by atoms with Crippen molar-refractivity contribution in [3.05, 3.63) is 66.5 Å². The average molecular weight is 408 g/mol. The van der Waals surface area contributed by atoms with Crippen LogP contribution >= 0.6 is 0 Å². The molecule has 0 saturated carbocycles. The van der Waals surface area contributed by atoms with E-state index in [1.54, 1.807) is 42.5 Å². The van der Waals surface area contributed by atoms with E-state index in [0.717, 1.165) is 10.3 Å². The van der Waals surface area contributed by atoms with Gasteiger partial charge in [-0.2, -0.15) is 12.7 Å². The summed E-state index contributed by atoms with van der Waals surface area (Å²) in [6.45, 7) is -0.477. The molecule has 1 fully saturated rings. The fourth-order valence-electron chi connectivity index (χ4n) is 2.43. The lowest BCUT2D eigenvalue weighted by atomic mass is 10.1. The summed E-state index contributed by atoms with van der Waals surface area (Å²) in [6.07, 6.45) is 1.78. The maximum absolute atomic E-state index is 12.4. The molecule has 148 valence electrons. The summed E-state index contributed by atoms with van der Waals surface area (Å²) in [6, 6.07) is 13.7. The Bertz CT molecular complexity index is 953. The molecule has 28 heavy (non-hydrogen) atoms. The summed E-state index contributed by atoms with van der Waals surface area (Å²) >= 11 is 0. The second-order valence-corrected chi connectivity index (χ2v) is 7.24. The molecule has 1 aliphatic heterocycles. The molecule has 1 unspecified atom stereocenters. The Kier molecular flexibility index (Phi) is 5.47. The van der Waals surface area contributed by atoms with E-state index < -0.39 is 34.6 Å². The normalized spacial score (nSPS) is 18.9. The summed E-state index contributed by atoms with van der Waals surface area (Å²) < 4.78 is 40.8. The fraction of sp³-hybridized carbons (Fsp3) is 0.235. The van der Waals surface area contributed by atoms with Crippen molar-refractivity contribution < 1.29 is 36.5 Å². The van der Waals surface area contributed by atoms with Crippen LogP contribution in [0.2, 0.25) is 0 Å². The number of pyridine rings is 1. The number of aromatic nitrogens is 1. The number of amides is 2. The maximum Gasteiger partial charge on any atom is 0.466 e. The number of alkyl carbamates (subject to hydrolysis) is 1. The minimum Gasteiger partial charge on any atom is -0.445 e. The molecule has 1 aliphatic rings. The molecule has 1 aromatic carbocycles. The standard InChI is InChI=1S/C17H17N3O7S/c1-25-17(18-16(22)26-12-14-8-4-2-5-9-14)13-20(15(17)21)28(23,24)27-19-10-6-3-7-11-19/h2-11H,12-13H2,1H3/p+1. The van der Waals surface area contributed by atoms with Crippen molar-refractivity contribution in [1.82, 2.24) is 9.62 Å². The molecular formula is C17H18N3O7S+. The summed E-state index contributed by atoms with van der Waals surface area (Å²) in [7, 11) is -3.25. The summed E-state index contributed by atoms with van der Waals surface area (Å²) in [5.74, 6) is -0.997. The van der Waals surface area contributed by atoms with Gasteiger partial charge in [-0.25, -0.2) is 4.79 Å². The van der Waals surface area contributed by atoms with Crippen molar-refractivity contribution in [3.8, 4) is 0 Å². The van der Waals surface area contributed by atoms with Crippen LogP contribution in [-0.2, 0) is 31.2 Å². The lowest BCUT2D eigenvalue weighted by molar-refractivity contribution is -0.857. The quantitative estimate of drug-likeness (QED) is 0.382. The predicted octanol–water partition coefficient (Wildman–Crippen LogP) is -0.241. The van der Waals surface area contributed by atoms with E-state index in [2.05, 4.69) is 5.32 Å². The number of β-lactam (4-membered cyclic amide) rings is 1. The van der Waals surface area contributed by atoms with Gasteiger partial charge >= 0.3 is 16.4 Å². The molecule has 0 radical (unpaired) electrons. The van der Waals surface area contributed by atoms with Gasteiger partial charge in [-0.1, -0.05) is 36.4 Å².